The van der Waals surface area contributed by atoms with Gasteiger partial charge in [-0.25, -0.2) is 0 Å². The Hall–Kier alpha value is -1.52. The Morgan fingerprint density at radius 2 is 1.27 bits per heavy atom. The molecule has 0 bridgehead atoms. The predicted molar refractivity (Wildman–Crippen MR) is 93.0 cm³/mol. The van der Waals surface area contributed by atoms with Crippen LogP contribution in [0.1, 0.15) is 54.0 Å². The second kappa shape index (κ2) is 6.31. The molecule has 0 aromatic heterocycles. The first kappa shape index (κ1) is 18.5. The van der Waals surface area contributed by atoms with Crippen molar-refractivity contribution in [2.75, 3.05) is 10.1 Å². The Bertz CT molecular complexity index is 501. The van der Waals surface area contributed by atoms with Crippen molar-refractivity contribution in [2.24, 2.45) is 0 Å². The van der Waals surface area contributed by atoms with E-state index in [9.17, 15) is 10.4 Å². The molecule has 0 unspecified atom stereocenters. The van der Waals surface area contributed by atoms with Gasteiger partial charge in [0.2, 0.25) is 0 Å². The van der Waals surface area contributed by atoms with E-state index in [-0.39, 0.29) is 0 Å². The van der Waals surface area contributed by atoms with Crippen LogP contribution < -0.4 is 10.1 Å². The summed E-state index contributed by atoms with van der Waals surface area (Å²) in [7, 11) is 0. The molecule has 0 saturated carbocycles. The molecule has 1 aromatic carbocycles. The summed E-state index contributed by atoms with van der Waals surface area (Å²) in [6, 6.07) is 5.65. The minimum Gasteiger partial charge on any atom is -0.288 e. The van der Waals surface area contributed by atoms with Crippen molar-refractivity contribution in [2.45, 2.75) is 66.0 Å². The van der Waals surface area contributed by atoms with Crippen LogP contribution in [-0.2, 0) is 6.42 Å². The maximum atomic E-state index is 10.4. The first-order chi connectivity index (χ1) is 9.82. The Balaban J connectivity index is 3.36. The van der Waals surface area contributed by atoms with E-state index in [1.54, 1.807) is 6.07 Å². The molecule has 0 saturated heterocycles. The maximum absolute atomic E-state index is 10.4. The highest BCUT2D eigenvalue weighted by Gasteiger charge is 2.24. The Labute approximate surface area is 134 Å². The molecule has 4 nitrogen and oxygen atoms in total. The van der Waals surface area contributed by atoms with Gasteiger partial charge in [0.15, 0.2) is 0 Å². The highest BCUT2D eigenvalue weighted by atomic mass is 16.5. The number of benzene rings is 1. The molecular formula is C18H30N2O2. The third-order valence-electron chi connectivity index (χ3n) is 3.23. The van der Waals surface area contributed by atoms with Gasteiger partial charge in [-0.3, -0.25) is 20.5 Å². The van der Waals surface area contributed by atoms with Gasteiger partial charge < -0.3 is 0 Å². The lowest BCUT2D eigenvalue weighted by molar-refractivity contribution is 0.176. The van der Waals surface area contributed by atoms with Crippen molar-refractivity contribution in [3.63, 3.8) is 0 Å². The summed E-state index contributed by atoms with van der Waals surface area (Å²) in [4.78, 5) is 0. The van der Waals surface area contributed by atoms with E-state index in [1.165, 1.54) is 10.1 Å². The molecule has 0 heterocycles. The number of hydrogen-bond acceptors (Lipinski definition) is 4. The summed E-state index contributed by atoms with van der Waals surface area (Å²) in [5.74, 6) is 0. The maximum Gasteiger partial charge on any atom is 0.0664 e. The van der Waals surface area contributed by atoms with Gasteiger partial charge in [0.05, 0.1) is 22.5 Å². The van der Waals surface area contributed by atoms with Crippen LogP contribution in [0.5, 0.6) is 0 Å². The Morgan fingerprint density at radius 1 is 0.909 bits per heavy atom. The van der Waals surface area contributed by atoms with Crippen molar-refractivity contribution >= 4 is 11.4 Å². The van der Waals surface area contributed by atoms with Crippen LogP contribution in [0.3, 0.4) is 0 Å². The van der Waals surface area contributed by atoms with Crippen LogP contribution in [-0.4, -0.2) is 21.5 Å². The highest BCUT2D eigenvalue weighted by Crippen LogP contribution is 2.31. The minimum absolute atomic E-state index is 0.429. The van der Waals surface area contributed by atoms with Gasteiger partial charge >= 0.3 is 0 Å². The molecule has 0 atom stereocenters. The minimum atomic E-state index is -0.429. The lowest BCUT2D eigenvalue weighted by atomic mass is 10.0. The zero-order chi connectivity index (χ0) is 17.3. The fraction of sp³-hybridized carbons (Fsp3) is 0.556. The normalized spacial score (nSPS) is 12.2. The van der Waals surface area contributed by atoms with Gasteiger partial charge in [0, 0.05) is 0 Å². The van der Waals surface area contributed by atoms with E-state index >= 15 is 0 Å². The molecule has 2 N–H and O–H groups in total. The van der Waals surface area contributed by atoms with E-state index in [0.717, 1.165) is 11.1 Å². The van der Waals surface area contributed by atoms with Gasteiger partial charge in [-0.2, -0.15) is 0 Å². The van der Waals surface area contributed by atoms with Gasteiger partial charge in [0.1, 0.15) is 0 Å². The van der Waals surface area contributed by atoms with Gasteiger partial charge in [-0.15, -0.1) is 0 Å². The number of allylic oxidation sites excluding steroid dienone is 1. The molecule has 1 aromatic rings. The fourth-order valence-electron chi connectivity index (χ4n) is 2.13. The van der Waals surface area contributed by atoms with Gasteiger partial charge in [-0.05, 0) is 78.6 Å². The van der Waals surface area contributed by atoms with Gasteiger partial charge in [-0.1, -0.05) is 12.2 Å². The second-order valence-corrected chi connectivity index (χ2v) is 7.96. The van der Waals surface area contributed by atoms with Crippen molar-refractivity contribution in [1.82, 2.24) is 0 Å². The molecule has 124 valence electrons. The number of rotatable bonds is 4. The molecule has 0 aliphatic rings. The third kappa shape index (κ3) is 4.75. The molecule has 0 aliphatic carbocycles. The van der Waals surface area contributed by atoms with Crippen molar-refractivity contribution < 1.29 is 10.4 Å². The molecule has 22 heavy (non-hydrogen) atoms. The average Bonchev–Trinajstić information content (AvgIpc) is 2.33. The largest absolute Gasteiger partial charge is 0.288 e. The molecule has 0 aliphatic heterocycles. The van der Waals surface area contributed by atoms with Crippen LogP contribution in [0, 0.1) is 0 Å². The summed E-state index contributed by atoms with van der Waals surface area (Å²) < 4.78 is 0. The quantitative estimate of drug-likeness (QED) is 0.620. The monoisotopic (exact) mass is 306 g/mol. The van der Waals surface area contributed by atoms with E-state index in [1.807, 2.05) is 60.6 Å². The first-order valence-electron chi connectivity index (χ1n) is 7.59. The molecule has 1 rings (SSSR count). The SMILES string of the molecule is C=C(C)Cc1cc(N(O)C(C)(C)C)cc(N(O)C(C)(C)C)c1. The summed E-state index contributed by atoms with van der Waals surface area (Å²) in [6.45, 7) is 17.5. The van der Waals surface area contributed by atoms with Crippen LogP contribution >= 0.6 is 0 Å². The Kier molecular flexibility index (Phi) is 5.31. The number of nitrogens with zero attached hydrogens (tertiary/aromatic N) is 2. The molecule has 0 radical (unpaired) electrons. The lowest BCUT2D eigenvalue weighted by Crippen LogP contribution is -2.40. The van der Waals surface area contributed by atoms with Crippen molar-refractivity contribution in [1.29, 1.82) is 0 Å². The smallest absolute Gasteiger partial charge is 0.0664 e. The molecule has 0 fully saturated rings. The van der Waals surface area contributed by atoms with Crippen molar-refractivity contribution in [3.8, 4) is 0 Å². The van der Waals surface area contributed by atoms with E-state index in [4.69, 9.17) is 0 Å². The zero-order valence-corrected chi connectivity index (χ0v) is 14.9. The topological polar surface area (TPSA) is 46.9 Å². The number of anilines is 2. The summed E-state index contributed by atoms with van der Waals surface area (Å²) in [5.41, 5.74) is 2.49. The van der Waals surface area contributed by atoms with Crippen LogP contribution in [0.4, 0.5) is 11.4 Å². The van der Waals surface area contributed by atoms with Crippen LogP contribution in [0.15, 0.2) is 30.4 Å². The second-order valence-electron chi connectivity index (χ2n) is 7.96. The van der Waals surface area contributed by atoms with Gasteiger partial charge in [0.25, 0.3) is 0 Å². The molecule has 4 heteroatoms. The third-order valence-corrected chi connectivity index (χ3v) is 3.23. The highest BCUT2D eigenvalue weighted by molar-refractivity contribution is 5.61. The predicted octanol–water partition coefficient (Wildman–Crippen LogP) is 4.79. The van der Waals surface area contributed by atoms with Crippen molar-refractivity contribution in [3.05, 3.63) is 35.9 Å². The standard InChI is InChI=1S/C18H30N2O2/c1-13(2)9-14-10-15(19(21)17(3,4)5)12-16(11-14)20(22)18(6,7)8/h10-12,21-22H,1,9H2,2-8H3. The van der Waals surface area contributed by atoms with E-state index < -0.39 is 11.1 Å². The van der Waals surface area contributed by atoms with Crippen LogP contribution in [0.2, 0.25) is 0 Å². The van der Waals surface area contributed by atoms with Crippen LogP contribution in [0.25, 0.3) is 0 Å². The molecular weight excluding hydrogens is 276 g/mol. The Morgan fingerprint density at radius 3 is 1.55 bits per heavy atom. The number of hydrogen-bond donors (Lipinski definition) is 2. The molecule has 0 spiro atoms. The fourth-order valence-corrected chi connectivity index (χ4v) is 2.13. The first-order valence-corrected chi connectivity index (χ1v) is 7.59. The lowest BCUT2D eigenvalue weighted by Gasteiger charge is -2.35. The number of hydroxylamine groups is 2. The zero-order valence-electron chi connectivity index (χ0n) is 14.9. The average molecular weight is 306 g/mol. The molecule has 0 amide bonds. The van der Waals surface area contributed by atoms with E-state index in [2.05, 4.69) is 6.58 Å². The summed E-state index contributed by atoms with van der Waals surface area (Å²) in [5, 5.41) is 23.3. The van der Waals surface area contributed by atoms with E-state index in [0.29, 0.717) is 17.8 Å². The summed E-state index contributed by atoms with van der Waals surface area (Å²) in [6.07, 6.45) is 0.705. The summed E-state index contributed by atoms with van der Waals surface area (Å²) >= 11 is 0.